The lowest BCUT2D eigenvalue weighted by Gasteiger charge is -2.03. The first kappa shape index (κ1) is 13.9. The van der Waals surface area contributed by atoms with Crippen LogP contribution in [0, 0.1) is 0 Å². The molecule has 0 saturated heterocycles. The lowest BCUT2D eigenvalue weighted by atomic mass is 10.0. The highest BCUT2D eigenvalue weighted by Gasteiger charge is 2.20. The van der Waals surface area contributed by atoms with Gasteiger partial charge in [-0.2, -0.15) is 5.10 Å². The molecule has 7 nitrogen and oxygen atoms in total. The van der Waals surface area contributed by atoms with E-state index in [2.05, 4.69) is 25.1 Å². The summed E-state index contributed by atoms with van der Waals surface area (Å²) in [6.45, 7) is 0. The molecule has 3 aromatic heterocycles. The maximum Gasteiger partial charge on any atom is 0.265 e. The van der Waals surface area contributed by atoms with Gasteiger partial charge >= 0.3 is 0 Å². The molecule has 7 heteroatoms. The number of nitrogens with one attached hydrogen (secondary N) is 2. The second-order valence-corrected chi connectivity index (χ2v) is 4.78. The van der Waals surface area contributed by atoms with Gasteiger partial charge in [-0.1, -0.05) is 0 Å². The Morgan fingerprint density at radius 2 is 1.95 bits per heavy atom. The minimum atomic E-state index is -0.665. The number of H-pyrrole nitrogens is 2. The van der Waals surface area contributed by atoms with E-state index < -0.39 is 11.6 Å². The number of aromatic nitrogens is 5. The molecule has 0 saturated carbocycles. The van der Waals surface area contributed by atoms with Crippen molar-refractivity contribution in [2.75, 3.05) is 0 Å². The highest BCUT2D eigenvalue weighted by molar-refractivity contribution is 6.43. The summed E-state index contributed by atoms with van der Waals surface area (Å²) in [7, 11) is 0. The van der Waals surface area contributed by atoms with Gasteiger partial charge in [0, 0.05) is 24.3 Å². The molecule has 2 N–H and O–H groups in total. The van der Waals surface area contributed by atoms with Crippen molar-refractivity contribution in [2.24, 2.45) is 0 Å². The Morgan fingerprint density at radius 3 is 2.68 bits per heavy atom. The van der Waals surface area contributed by atoms with Gasteiger partial charge in [0.15, 0.2) is 5.82 Å². The van der Waals surface area contributed by atoms with Crippen molar-refractivity contribution in [1.29, 1.82) is 0 Å². The summed E-state index contributed by atoms with van der Waals surface area (Å²) in [6, 6.07) is 5.73. The molecule has 0 unspecified atom stereocenters. The summed E-state index contributed by atoms with van der Waals surface area (Å²) in [5, 5.41) is 5.98. The Hall–Kier alpha value is -3.09. The summed E-state index contributed by atoms with van der Waals surface area (Å²) < 4.78 is 0. The monoisotopic (exact) mass is 295 g/mol. The number of pyridine rings is 1. The average molecular weight is 295 g/mol. The molecule has 3 heterocycles. The highest BCUT2D eigenvalue weighted by atomic mass is 16.2. The Labute approximate surface area is 125 Å². The average Bonchev–Trinajstić information content (AvgIpc) is 3.20. The van der Waals surface area contributed by atoms with Crippen molar-refractivity contribution in [2.45, 2.75) is 12.8 Å². The third-order valence-corrected chi connectivity index (χ3v) is 3.29. The number of Topliss-reactive ketones (excluding diaryl/α,β-unsaturated/α-hetero) is 2. The van der Waals surface area contributed by atoms with E-state index in [1.54, 1.807) is 18.6 Å². The predicted molar refractivity (Wildman–Crippen MR) is 77.3 cm³/mol. The maximum atomic E-state index is 12.0. The van der Waals surface area contributed by atoms with Crippen LogP contribution in [0.1, 0.15) is 27.4 Å². The van der Waals surface area contributed by atoms with Crippen LogP contribution in [0.4, 0.5) is 0 Å². The zero-order valence-electron chi connectivity index (χ0n) is 11.6. The van der Waals surface area contributed by atoms with Gasteiger partial charge < -0.3 is 4.98 Å². The van der Waals surface area contributed by atoms with Gasteiger partial charge in [0.1, 0.15) is 6.33 Å². The van der Waals surface area contributed by atoms with Crippen LogP contribution >= 0.6 is 0 Å². The summed E-state index contributed by atoms with van der Waals surface area (Å²) in [5.41, 5.74) is 2.80. The fourth-order valence-corrected chi connectivity index (χ4v) is 2.17. The van der Waals surface area contributed by atoms with E-state index >= 15 is 0 Å². The van der Waals surface area contributed by atoms with E-state index in [4.69, 9.17) is 0 Å². The van der Waals surface area contributed by atoms with E-state index in [1.807, 2.05) is 18.2 Å². The SMILES string of the molecule is O=C(Cc1[nH]ccc1Cc1ccncc1)C(=O)c1ncn[nH]1. The van der Waals surface area contributed by atoms with Crippen LogP contribution in [0.15, 0.2) is 43.1 Å². The molecule has 0 fully saturated rings. The van der Waals surface area contributed by atoms with Crippen molar-refractivity contribution in [3.63, 3.8) is 0 Å². The van der Waals surface area contributed by atoms with E-state index in [1.165, 1.54) is 6.33 Å². The molecule has 110 valence electrons. The number of ketones is 2. The van der Waals surface area contributed by atoms with Crippen LogP contribution in [-0.2, 0) is 17.6 Å². The molecule has 0 aliphatic carbocycles. The van der Waals surface area contributed by atoms with E-state index in [0.717, 1.165) is 16.8 Å². The van der Waals surface area contributed by atoms with Crippen LogP contribution in [-0.4, -0.2) is 36.7 Å². The molecule has 0 aliphatic heterocycles. The molecule has 0 aliphatic rings. The summed E-state index contributed by atoms with van der Waals surface area (Å²) in [5.74, 6) is -1.23. The van der Waals surface area contributed by atoms with Crippen LogP contribution in [0.2, 0.25) is 0 Å². The minimum absolute atomic E-state index is 0.00690. The summed E-state index contributed by atoms with van der Waals surface area (Å²) >= 11 is 0. The first-order valence-electron chi connectivity index (χ1n) is 6.71. The Bertz CT molecular complexity index is 777. The largest absolute Gasteiger partial charge is 0.364 e. The quantitative estimate of drug-likeness (QED) is 0.523. The molecule has 0 bridgehead atoms. The normalized spacial score (nSPS) is 10.5. The second kappa shape index (κ2) is 6.13. The molecule has 0 aromatic carbocycles. The summed E-state index contributed by atoms with van der Waals surface area (Å²) in [6.07, 6.45) is 7.08. The smallest absolute Gasteiger partial charge is 0.265 e. The van der Waals surface area contributed by atoms with Crippen molar-refractivity contribution >= 4 is 11.6 Å². The van der Waals surface area contributed by atoms with Crippen LogP contribution < -0.4 is 0 Å². The van der Waals surface area contributed by atoms with Gasteiger partial charge in [-0.15, -0.1) is 0 Å². The van der Waals surface area contributed by atoms with Crippen LogP contribution in [0.3, 0.4) is 0 Å². The standard InChI is InChI=1S/C15H13N5O2/c21-13(14(22)15-18-9-19-20-15)8-12-11(3-6-17-12)7-10-1-4-16-5-2-10/h1-6,9,17H,7-8H2,(H,18,19,20). The summed E-state index contributed by atoms with van der Waals surface area (Å²) in [4.78, 5) is 34.6. The molecular weight excluding hydrogens is 282 g/mol. The Balaban J connectivity index is 1.72. The van der Waals surface area contributed by atoms with Crippen LogP contribution in [0.5, 0.6) is 0 Å². The van der Waals surface area contributed by atoms with Crippen molar-refractivity contribution < 1.29 is 9.59 Å². The highest BCUT2D eigenvalue weighted by Crippen LogP contribution is 2.14. The van der Waals surface area contributed by atoms with Crippen molar-refractivity contribution in [3.05, 3.63) is 65.8 Å². The number of rotatable bonds is 6. The number of carbonyl (C=O) groups excluding carboxylic acids is 2. The predicted octanol–water partition coefficient (Wildman–Crippen LogP) is 1.11. The molecule has 3 aromatic rings. The van der Waals surface area contributed by atoms with Gasteiger partial charge in [0.05, 0.1) is 6.42 Å². The Morgan fingerprint density at radius 1 is 1.14 bits per heavy atom. The third kappa shape index (κ3) is 2.98. The van der Waals surface area contributed by atoms with Crippen molar-refractivity contribution in [3.8, 4) is 0 Å². The lowest BCUT2D eigenvalue weighted by molar-refractivity contribution is -0.114. The van der Waals surface area contributed by atoms with Gasteiger partial charge in [-0.25, -0.2) is 4.98 Å². The number of nitrogens with zero attached hydrogens (tertiary/aromatic N) is 3. The molecule has 3 rings (SSSR count). The second-order valence-electron chi connectivity index (χ2n) is 4.78. The fraction of sp³-hybridized carbons (Fsp3) is 0.133. The van der Waals surface area contributed by atoms with E-state index in [9.17, 15) is 9.59 Å². The minimum Gasteiger partial charge on any atom is -0.364 e. The molecule has 22 heavy (non-hydrogen) atoms. The molecule has 0 atom stereocenters. The molecule has 0 amide bonds. The van der Waals surface area contributed by atoms with Gasteiger partial charge in [-0.05, 0) is 35.7 Å². The van der Waals surface area contributed by atoms with E-state index in [0.29, 0.717) is 6.42 Å². The number of aromatic amines is 2. The number of carbonyl (C=O) groups is 2. The first-order valence-corrected chi connectivity index (χ1v) is 6.71. The lowest BCUT2D eigenvalue weighted by Crippen LogP contribution is -2.19. The number of hydrogen-bond acceptors (Lipinski definition) is 5. The first-order chi connectivity index (χ1) is 10.7. The van der Waals surface area contributed by atoms with Gasteiger partial charge in [0.25, 0.3) is 5.78 Å². The zero-order valence-corrected chi connectivity index (χ0v) is 11.6. The fourth-order valence-electron chi connectivity index (χ4n) is 2.17. The van der Waals surface area contributed by atoms with Gasteiger partial charge in [-0.3, -0.25) is 19.7 Å². The molecule has 0 radical (unpaired) electrons. The topological polar surface area (TPSA) is 104 Å². The molecule has 0 spiro atoms. The Kier molecular flexibility index (Phi) is 3.86. The van der Waals surface area contributed by atoms with Crippen molar-refractivity contribution in [1.82, 2.24) is 25.1 Å². The third-order valence-electron chi connectivity index (χ3n) is 3.29. The molecular formula is C15H13N5O2. The van der Waals surface area contributed by atoms with Gasteiger partial charge in [0.2, 0.25) is 5.78 Å². The van der Waals surface area contributed by atoms with Crippen LogP contribution in [0.25, 0.3) is 0 Å². The zero-order chi connectivity index (χ0) is 15.4. The van der Waals surface area contributed by atoms with E-state index in [-0.39, 0.29) is 12.2 Å². The maximum absolute atomic E-state index is 12.0. The number of hydrogen-bond donors (Lipinski definition) is 2.